The second kappa shape index (κ2) is 6.28. The van der Waals surface area contributed by atoms with Gasteiger partial charge in [-0.2, -0.15) is 4.80 Å². The van der Waals surface area contributed by atoms with Gasteiger partial charge in [0.05, 0.1) is 0 Å². The van der Waals surface area contributed by atoms with Gasteiger partial charge in [0.25, 0.3) is 0 Å². The molecule has 120 valence electrons. The molecule has 0 saturated heterocycles. The molecular formula is C18H15BrN4O. The van der Waals surface area contributed by atoms with Crippen LogP contribution in [0.15, 0.2) is 53.0 Å². The van der Waals surface area contributed by atoms with Crippen LogP contribution < -0.4 is 0 Å². The quantitative estimate of drug-likeness (QED) is 0.631. The molecule has 1 heterocycles. The molecule has 0 amide bonds. The van der Waals surface area contributed by atoms with Crippen LogP contribution in [0.4, 0.5) is 0 Å². The van der Waals surface area contributed by atoms with E-state index in [0.29, 0.717) is 5.82 Å². The Morgan fingerprint density at radius 1 is 1.08 bits per heavy atom. The van der Waals surface area contributed by atoms with E-state index in [9.17, 15) is 4.79 Å². The maximum absolute atomic E-state index is 12.9. The Hall–Kier alpha value is -2.34. The van der Waals surface area contributed by atoms with Crippen LogP contribution in [0, 0.1) is 0 Å². The molecule has 0 saturated carbocycles. The van der Waals surface area contributed by atoms with Crippen LogP contribution in [0.5, 0.6) is 0 Å². The predicted octanol–water partition coefficient (Wildman–Crippen LogP) is 3.86. The molecule has 1 aliphatic rings. The lowest BCUT2D eigenvalue weighted by Crippen LogP contribution is -2.21. The van der Waals surface area contributed by atoms with Gasteiger partial charge in [-0.1, -0.05) is 40.2 Å². The molecule has 1 aliphatic carbocycles. The fourth-order valence-corrected chi connectivity index (χ4v) is 3.33. The number of aromatic nitrogens is 4. The van der Waals surface area contributed by atoms with Crippen LogP contribution >= 0.6 is 15.9 Å². The molecule has 0 fully saturated rings. The Kier molecular flexibility index (Phi) is 3.98. The van der Waals surface area contributed by atoms with E-state index in [-0.39, 0.29) is 11.8 Å². The summed E-state index contributed by atoms with van der Waals surface area (Å²) in [5.74, 6) is 0.607. The molecule has 3 aromatic rings. The lowest BCUT2D eigenvalue weighted by molar-refractivity contribution is 0.0902. The fraction of sp³-hybridized carbons (Fsp3) is 0.222. The Morgan fingerprint density at radius 3 is 2.71 bits per heavy atom. The second-order valence-corrected chi connectivity index (χ2v) is 6.79. The van der Waals surface area contributed by atoms with Crippen molar-refractivity contribution in [3.05, 3.63) is 64.1 Å². The Bertz CT molecular complexity index is 888. The van der Waals surface area contributed by atoms with Crippen molar-refractivity contribution < 1.29 is 4.79 Å². The fourth-order valence-electron chi connectivity index (χ4n) is 3.07. The average molecular weight is 383 g/mol. The van der Waals surface area contributed by atoms with Gasteiger partial charge in [0.1, 0.15) is 6.04 Å². The summed E-state index contributed by atoms with van der Waals surface area (Å²) in [7, 11) is 0. The number of carbonyl (C=O) groups excluding carboxylic acids is 1. The number of hydrogen-bond acceptors (Lipinski definition) is 4. The SMILES string of the molecule is O=C1c2ccccc2CCCC1n1nnc(-c2ccc(Br)cc2)n1. The minimum Gasteiger partial charge on any atom is -0.292 e. The van der Waals surface area contributed by atoms with Gasteiger partial charge in [-0.05, 0) is 54.3 Å². The van der Waals surface area contributed by atoms with Crippen molar-refractivity contribution in [2.24, 2.45) is 0 Å². The number of tetrazole rings is 1. The van der Waals surface area contributed by atoms with E-state index in [1.807, 2.05) is 48.5 Å². The summed E-state index contributed by atoms with van der Waals surface area (Å²) in [5, 5.41) is 12.7. The molecule has 1 atom stereocenters. The van der Waals surface area contributed by atoms with Crippen molar-refractivity contribution in [3.63, 3.8) is 0 Å². The first-order valence-corrected chi connectivity index (χ1v) is 8.69. The molecule has 0 bridgehead atoms. The standard InChI is InChI=1S/C18H15BrN4O/c19-14-10-8-13(9-11-14)18-20-22-23(21-18)16-7-3-5-12-4-1-2-6-15(12)17(16)24/h1-2,4,6,8-11,16H,3,5,7H2. The predicted molar refractivity (Wildman–Crippen MR) is 93.7 cm³/mol. The summed E-state index contributed by atoms with van der Waals surface area (Å²) < 4.78 is 0.995. The van der Waals surface area contributed by atoms with Crippen LogP contribution in [-0.2, 0) is 6.42 Å². The second-order valence-electron chi connectivity index (χ2n) is 5.87. The lowest BCUT2D eigenvalue weighted by atomic mass is 10.0. The molecule has 2 aromatic carbocycles. The summed E-state index contributed by atoms with van der Waals surface area (Å²) in [6, 6.07) is 15.1. The zero-order valence-electron chi connectivity index (χ0n) is 12.9. The normalized spacial score (nSPS) is 17.4. The number of hydrogen-bond donors (Lipinski definition) is 0. The van der Waals surface area contributed by atoms with Gasteiger partial charge >= 0.3 is 0 Å². The highest BCUT2D eigenvalue weighted by molar-refractivity contribution is 9.10. The van der Waals surface area contributed by atoms with Gasteiger partial charge in [-0.25, -0.2) is 0 Å². The minimum absolute atomic E-state index is 0.0721. The van der Waals surface area contributed by atoms with Crippen LogP contribution in [0.25, 0.3) is 11.4 Å². The third-order valence-electron chi connectivity index (χ3n) is 4.32. The van der Waals surface area contributed by atoms with Crippen molar-refractivity contribution in [1.29, 1.82) is 0 Å². The maximum Gasteiger partial charge on any atom is 0.204 e. The summed E-state index contributed by atoms with van der Waals surface area (Å²) in [6.07, 6.45) is 2.57. The van der Waals surface area contributed by atoms with E-state index in [0.717, 1.165) is 40.4 Å². The smallest absolute Gasteiger partial charge is 0.204 e. The third-order valence-corrected chi connectivity index (χ3v) is 4.85. The number of halogens is 1. The number of nitrogens with zero attached hydrogens (tertiary/aromatic N) is 4. The summed E-state index contributed by atoms with van der Waals surface area (Å²) in [6.45, 7) is 0. The van der Waals surface area contributed by atoms with E-state index in [1.165, 1.54) is 4.80 Å². The number of benzene rings is 2. The van der Waals surface area contributed by atoms with E-state index in [4.69, 9.17) is 0 Å². The first-order chi connectivity index (χ1) is 11.7. The van der Waals surface area contributed by atoms with Gasteiger partial charge in [0, 0.05) is 15.6 Å². The van der Waals surface area contributed by atoms with E-state index >= 15 is 0 Å². The van der Waals surface area contributed by atoms with E-state index < -0.39 is 0 Å². The van der Waals surface area contributed by atoms with Crippen LogP contribution in [-0.4, -0.2) is 26.0 Å². The Balaban J connectivity index is 1.67. The highest BCUT2D eigenvalue weighted by Crippen LogP contribution is 2.27. The molecule has 5 nitrogen and oxygen atoms in total. The van der Waals surface area contributed by atoms with Crippen molar-refractivity contribution in [2.75, 3.05) is 0 Å². The van der Waals surface area contributed by atoms with Gasteiger partial charge < -0.3 is 0 Å². The molecule has 4 rings (SSSR count). The van der Waals surface area contributed by atoms with E-state index in [2.05, 4.69) is 31.3 Å². The summed E-state index contributed by atoms with van der Waals surface area (Å²) >= 11 is 3.41. The van der Waals surface area contributed by atoms with Crippen molar-refractivity contribution in [3.8, 4) is 11.4 Å². The molecule has 1 aromatic heterocycles. The monoisotopic (exact) mass is 382 g/mol. The molecular weight excluding hydrogens is 368 g/mol. The van der Waals surface area contributed by atoms with Crippen molar-refractivity contribution in [2.45, 2.75) is 25.3 Å². The molecule has 0 N–H and O–H groups in total. The highest BCUT2D eigenvalue weighted by atomic mass is 79.9. The zero-order chi connectivity index (χ0) is 16.5. The topological polar surface area (TPSA) is 60.7 Å². The number of fused-ring (bicyclic) bond motifs is 1. The Labute approximate surface area is 147 Å². The first kappa shape index (κ1) is 15.2. The molecule has 1 unspecified atom stereocenters. The summed E-state index contributed by atoms with van der Waals surface area (Å²) in [5.41, 5.74) is 2.77. The molecule has 0 spiro atoms. The number of ketones is 1. The average Bonchev–Trinajstić information content (AvgIpc) is 3.02. The van der Waals surface area contributed by atoms with Crippen molar-refractivity contribution >= 4 is 21.7 Å². The molecule has 6 heteroatoms. The lowest BCUT2D eigenvalue weighted by Gasteiger charge is -2.11. The number of rotatable bonds is 2. The molecule has 0 aliphatic heterocycles. The number of carbonyl (C=O) groups is 1. The maximum atomic E-state index is 12.9. The van der Waals surface area contributed by atoms with Crippen LogP contribution in [0.1, 0.15) is 34.8 Å². The Morgan fingerprint density at radius 2 is 1.88 bits per heavy atom. The summed E-state index contributed by atoms with van der Waals surface area (Å²) in [4.78, 5) is 14.4. The van der Waals surface area contributed by atoms with Gasteiger partial charge in [0.15, 0.2) is 5.78 Å². The van der Waals surface area contributed by atoms with Crippen LogP contribution in [0.2, 0.25) is 0 Å². The first-order valence-electron chi connectivity index (χ1n) is 7.90. The van der Waals surface area contributed by atoms with Gasteiger partial charge in [-0.15, -0.1) is 10.2 Å². The third kappa shape index (κ3) is 2.78. The van der Waals surface area contributed by atoms with Gasteiger partial charge in [-0.3, -0.25) is 4.79 Å². The van der Waals surface area contributed by atoms with E-state index in [1.54, 1.807) is 0 Å². The zero-order valence-corrected chi connectivity index (χ0v) is 14.5. The number of Topliss-reactive ketones (excluding diaryl/α,β-unsaturated/α-hetero) is 1. The van der Waals surface area contributed by atoms with Crippen LogP contribution in [0.3, 0.4) is 0 Å². The molecule has 24 heavy (non-hydrogen) atoms. The van der Waals surface area contributed by atoms with Gasteiger partial charge in [0.2, 0.25) is 5.82 Å². The minimum atomic E-state index is -0.384. The van der Waals surface area contributed by atoms with Crippen molar-refractivity contribution in [1.82, 2.24) is 20.2 Å². The largest absolute Gasteiger partial charge is 0.292 e. The number of aryl methyl sites for hydroxylation is 1. The molecule has 0 radical (unpaired) electrons. The highest BCUT2D eigenvalue weighted by Gasteiger charge is 2.28.